The molecule has 194 valence electrons. The van der Waals surface area contributed by atoms with Crippen molar-refractivity contribution in [3.05, 3.63) is 56.8 Å². The van der Waals surface area contributed by atoms with Gasteiger partial charge in [-0.25, -0.2) is 19.9 Å². The van der Waals surface area contributed by atoms with Gasteiger partial charge < -0.3 is 14.8 Å². The third kappa shape index (κ3) is 5.74. The van der Waals surface area contributed by atoms with Gasteiger partial charge in [-0.1, -0.05) is 18.5 Å². The van der Waals surface area contributed by atoms with Crippen LogP contribution in [0.2, 0.25) is 5.02 Å². The van der Waals surface area contributed by atoms with Gasteiger partial charge >= 0.3 is 0 Å². The highest BCUT2D eigenvalue weighted by atomic mass is 127. The standard InChI is InChI=1S/C27H32ClIN8/c1-5-35-6-8-36(9-7-35)15-20-14-30-25(12-21(20)28)34-26-13-23(31-16-32-26)19-10-22(29)27-24(11-19)37(17(2)3)18(4)33-27/h10-14,16-17H,5-9,15H2,1-4H3,(H,30,31,32,34). The summed E-state index contributed by atoms with van der Waals surface area (Å²) >= 11 is 9.01. The van der Waals surface area contributed by atoms with Crippen molar-refractivity contribution in [2.75, 3.05) is 38.0 Å². The van der Waals surface area contributed by atoms with Crippen LogP contribution in [0.15, 0.2) is 36.8 Å². The molecule has 5 rings (SSSR count). The molecule has 10 heteroatoms. The Hall–Kier alpha value is -2.34. The Morgan fingerprint density at radius 1 is 1.00 bits per heavy atom. The molecule has 0 spiro atoms. The number of hydrogen-bond donors (Lipinski definition) is 1. The van der Waals surface area contributed by atoms with E-state index in [4.69, 9.17) is 16.6 Å². The molecule has 0 aliphatic carbocycles. The van der Waals surface area contributed by atoms with Crippen molar-refractivity contribution in [3.63, 3.8) is 0 Å². The number of fused-ring (bicyclic) bond motifs is 1. The highest BCUT2D eigenvalue weighted by Crippen LogP contribution is 2.31. The maximum atomic E-state index is 6.65. The van der Waals surface area contributed by atoms with E-state index in [0.717, 1.165) is 76.5 Å². The van der Waals surface area contributed by atoms with Crippen LogP contribution in [0.1, 0.15) is 38.2 Å². The van der Waals surface area contributed by atoms with Crippen molar-refractivity contribution in [1.29, 1.82) is 0 Å². The molecule has 37 heavy (non-hydrogen) atoms. The number of hydrogen-bond acceptors (Lipinski definition) is 7. The Balaban J connectivity index is 1.34. The summed E-state index contributed by atoms with van der Waals surface area (Å²) in [4.78, 5) is 23.3. The maximum Gasteiger partial charge on any atom is 0.135 e. The van der Waals surface area contributed by atoms with Crippen molar-refractivity contribution >= 4 is 56.9 Å². The minimum Gasteiger partial charge on any atom is -0.326 e. The van der Waals surface area contributed by atoms with Crippen LogP contribution in [0.3, 0.4) is 0 Å². The van der Waals surface area contributed by atoms with E-state index < -0.39 is 0 Å². The molecular weight excluding hydrogens is 599 g/mol. The number of imidazole rings is 1. The SMILES string of the molecule is CCN1CCN(Cc2cnc(Nc3cc(-c4cc(I)c5nc(C)n(C(C)C)c5c4)ncn3)cc2Cl)CC1. The first kappa shape index (κ1) is 26.3. The average Bonchev–Trinajstić information content (AvgIpc) is 3.23. The number of piperazine rings is 1. The van der Waals surface area contributed by atoms with Crippen LogP contribution >= 0.6 is 34.2 Å². The van der Waals surface area contributed by atoms with Crippen LogP contribution < -0.4 is 5.32 Å². The third-order valence-corrected chi connectivity index (χ3v) is 8.07. The number of aryl methyl sites for hydroxylation is 1. The van der Waals surface area contributed by atoms with Crippen LogP contribution in [-0.2, 0) is 6.54 Å². The van der Waals surface area contributed by atoms with Crippen molar-refractivity contribution in [3.8, 4) is 11.3 Å². The van der Waals surface area contributed by atoms with Crippen LogP contribution in [0, 0.1) is 10.5 Å². The van der Waals surface area contributed by atoms with Crippen molar-refractivity contribution in [1.82, 2.24) is 34.3 Å². The summed E-state index contributed by atoms with van der Waals surface area (Å²) in [7, 11) is 0. The molecule has 0 saturated carbocycles. The molecule has 1 aliphatic rings. The first-order valence-corrected chi connectivity index (χ1v) is 14.1. The fourth-order valence-electron chi connectivity index (χ4n) is 4.93. The lowest BCUT2D eigenvalue weighted by Crippen LogP contribution is -2.45. The second kappa shape index (κ2) is 11.2. The molecule has 1 aliphatic heterocycles. The van der Waals surface area contributed by atoms with Crippen LogP contribution in [0.4, 0.5) is 11.6 Å². The monoisotopic (exact) mass is 630 g/mol. The maximum absolute atomic E-state index is 6.65. The number of likely N-dealkylation sites (N-methyl/N-ethyl adjacent to an activating group) is 1. The van der Waals surface area contributed by atoms with Gasteiger partial charge in [0.05, 0.1) is 16.2 Å². The molecule has 3 aromatic heterocycles. The number of aromatic nitrogens is 5. The van der Waals surface area contributed by atoms with Gasteiger partial charge in [0.2, 0.25) is 0 Å². The molecular formula is C27H32ClIN8. The summed E-state index contributed by atoms with van der Waals surface area (Å²) in [5.41, 5.74) is 5.03. The molecule has 0 unspecified atom stereocenters. The third-order valence-electron chi connectivity index (χ3n) is 6.90. The fraction of sp³-hybridized carbons (Fsp3) is 0.407. The predicted molar refractivity (Wildman–Crippen MR) is 159 cm³/mol. The van der Waals surface area contributed by atoms with E-state index in [2.05, 4.69) is 97.1 Å². The van der Waals surface area contributed by atoms with Gasteiger partial charge in [0.15, 0.2) is 0 Å². The minimum absolute atomic E-state index is 0.318. The molecule has 0 radical (unpaired) electrons. The molecule has 4 heterocycles. The summed E-state index contributed by atoms with van der Waals surface area (Å²) in [5.74, 6) is 2.34. The fourth-order valence-corrected chi connectivity index (χ4v) is 5.88. The lowest BCUT2D eigenvalue weighted by atomic mass is 10.1. The van der Waals surface area contributed by atoms with E-state index >= 15 is 0 Å². The Morgan fingerprint density at radius 2 is 1.73 bits per heavy atom. The van der Waals surface area contributed by atoms with E-state index in [9.17, 15) is 0 Å². The summed E-state index contributed by atoms with van der Waals surface area (Å²) in [5, 5.41) is 4.01. The summed E-state index contributed by atoms with van der Waals surface area (Å²) in [6.45, 7) is 14.8. The number of halogens is 2. The second-order valence-electron chi connectivity index (χ2n) is 9.73. The molecule has 0 amide bonds. The van der Waals surface area contributed by atoms with E-state index in [0.29, 0.717) is 22.7 Å². The zero-order valence-electron chi connectivity index (χ0n) is 21.7. The van der Waals surface area contributed by atoms with Crippen molar-refractivity contribution < 1.29 is 0 Å². The molecule has 8 nitrogen and oxygen atoms in total. The van der Waals surface area contributed by atoms with Crippen LogP contribution in [0.25, 0.3) is 22.3 Å². The summed E-state index contributed by atoms with van der Waals surface area (Å²) in [6, 6.07) is 8.42. The van der Waals surface area contributed by atoms with Gasteiger partial charge in [0.1, 0.15) is 29.3 Å². The Labute approximate surface area is 236 Å². The Morgan fingerprint density at radius 3 is 2.43 bits per heavy atom. The molecule has 0 bridgehead atoms. The summed E-state index contributed by atoms with van der Waals surface area (Å²) < 4.78 is 3.36. The zero-order chi connectivity index (χ0) is 26.1. The molecule has 0 atom stereocenters. The Bertz CT molecular complexity index is 1410. The van der Waals surface area contributed by atoms with Crippen LogP contribution in [0.5, 0.6) is 0 Å². The van der Waals surface area contributed by atoms with Gasteiger partial charge in [-0.15, -0.1) is 0 Å². The molecule has 1 N–H and O–H groups in total. The van der Waals surface area contributed by atoms with Gasteiger partial charge in [-0.05, 0) is 68.1 Å². The second-order valence-corrected chi connectivity index (χ2v) is 11.3. The summed E-state index contributed by atoms with van der Waals surface area (Å²) in [6.07, 6.45) is 3.44. The number of pyridine rings is 1. The zero-order valence-corrected chi connectivity index (χ0v) is 24.6. The molecule has 4 aromatic rings. The lowest BCUT2D eigenvalue weighted by Gasteiger charge is -2.34. The van der Waals surface area contributed by atoms with Gasteiger partial charge in [0.25, 0.3) is 0 Å². The highest BCUT2D eigenvalue weighted by molar-refractivity contribution is 14.1. The number of benzene rings is 1. The number of rotatable bonds is 7. The molecule has 1 aromatic carbocycles. The van der Waals surface area contributed by atoms with E-state index in [1.165, 1.54) is 0 Å². The largest absolute Gasteiger partial charge is 0.326 e. The average molecular weight is 631 g/mol. The van der Waals surface area contributed by atoms with Crippen molar-refractivity contribution in [2.45, 2.75) is 40.3 Å². The topological polar surface area (TPSA) is 75.0 Å². The van der Waals surface area contributed by atoms with Crippen LogP contribution in [-0.4, -0.2) is 67.0 Å². The first-order chi connectivity index (χ1) is 17.8. The number of nitrogens with one attached hydrogen (secondary N) is 1. The van der Waals surface area contributed by atoms with E-state index in [1.54, 1.807) is 6.33 Å². The van der Waals surface area contributed by atoms with Gasteiger partial charge in [0, 0.05) is 65.7 Å². The van der Waals surface area contributed by atoms with Gasteiger partial charge in [-0.2, -0.15) is 0 Å². The lowest BCUT2D eigenvalue weighted by molar-refractivity contribution is 0.132. The molecule has 1 saturated heterocycles. The normalized spacial score (nSPS) is 15.1. The number of nitrogens with zero attached hydrogens (tertiary/aromatic N) is 7. The smallest absolute Gasteiger partial charge is 0.135 e. The molecule has 1 fully saturated rings. The van der Waals surface area contributed by atoms with Crippen molar-refractivity contribution in [2.24, 2.45) is 0 Å². The number of anilines is 2. The van der Waals surface area contributed by atoms with Gasteiger partial charge in [-0.3, -0.25) is 4.90 Å². The Kier molecular flexibility index (Phi) is 7.94. The predicted octanol–water partition coefficient (Wildman–Crippen LogP) is 5.92. The first-order valence-electron chi connectivity index (χ1n) is 12.7. The highest BCUT2D eigenvalue weighted by Gasteiger charge is 2.18. The minimum atomic E-state index is 0.318. The van der Waals surface area contributed by atoms with E-state index in [1.807, 2.05) is 18.3 Å². The van der Waals surface area contributed by atoms with E-state index in [-0.39, 0.29) is 0 Å². The quantitative estimate of drug-likeness (QED) is 0.254.